The van der Waals surface area contributed by atoms with Gasteiger partial charge in [-0.2, -0.15) is 5.10 Å². The SMILES string of the molecule is COc1cccc(/C=N\Nc2ccc(Cl)cc2)c1. The Kier molecular flexibility index (Phi) is 4.20. The number of hydrogen-bond donors (Lipinski definition) is 1. The van der Waals surface area contributed by atoms with Crippen molar-refractivity contribution in [1.82, 2.24) is 0 Å². The highest BCUT2D eigenvalue weighted by molar-refractivity contribution is 6.30. The van der Waals surface area contributed by atoms with Gasteiger partial charge in [-0.25, -0.2) is 0 Å². The number of anilines is 1. The second kappa shape index (κ2) is 6.07. The fourth-order valence-corrected chi connectivity index (χ4v) is 1.55. The van der Waals surface area contributed by atoms with Gasteiger partial charge in [-0.15, -0.1) is 0 Å². The van der Waals surface area contributed by atoms with Gasteiger partial charge < -0.3 is 4.74 Å². The van der Waals surface area contributed by atoms with Gasteiger partial charge in [0.05, 0.1) is 19.0 Å². The molecular formula is C14H13ClN2O. The molecule has 0 spiro atoms. The summed E-state index contributed by atoms with van der Waals surface area (Å²) < 4.78 is 5.14. The molecule has 0 radical (unpaired) electrons. The molecule has 0 aliphatic heterocycles. The van der Waals surface area contributed by atoms with E-state index in [-0.39, 0.29) is 0 Å². The molecule has 0 heterocycles. The summed E-state index contributed by atoms with van der Waals surface area (Å²) in [5.41, 5.74) is 4.78. The number of nitrogens with one attached hydrogen (secondary N) is 1. The Morgan fingerprint density at radius 3 is 2.67 bits per heavy atom. The fourth-order valence-electron chi connectivity index (χ4n) is 1.43. The van der Waals surface area contributed by atoms with Gasteiger partial charge in [-0.05, 0) is 42.0 Å². The Morgan fingerprint density at radius 1 is 1.17 bits per heavy atom. The largest absolute Gasteiger partial charge is 0.497 e. The quantitative estimate of drug-likeness (QED) is 0.670. The molecule has 3 nitrogen and oxygen atoms in total. The first-order valence-electron chi connectivity index (χ1n) is 5.46. The zero-order chi connectivity index (χ0) is 12.8. The highest BCUT2D eigenvalue weighted by atomic mass is 35.5. The van der Waals surface area contributed by atoms with Crippen molar-refractivity contribution in [2.24, 2.45) is 5.10 Å². The topological polar surface area (TPSA) is 33.6 Å². The van der Waals surface area contributed by atoms with Gasteiger partial charge in [0.15, 0.2) is 0 Å². The molecule has 0 aromatic heterocycles. The van der Waals surface area contributed by atoms with Crippen LogP contribution in [0.2, 0.25) is 5.02 Å². The average Bonchev–Trinajstić information content (AvgIpc) is 2.41. The molecule has 0 fully saturated rings. The van der Waals surface area contributed by atoms with Crippen molar-refractivity contribution < 1.29 is 4.74 Å². The lowest BCUT2D eigenvalue weighted by Crippen LogP contribution is -1.91. The number of hydrogen-bond acceptors (Lipinski definition) is 3. The Hall–Kier alpha value is -2.00. The number of benzene rings is 2. The summed E-state index contributed by atoms with van der Waals surface area (Å²) in [6, 6.07) is 15.0. The molecule has 0 amide bonds. The van der Waals surface area contributed by atoms with Crippen LogP contribution in [-0.2, 0) is 0 Å². The number of halogens is 1. The van der Waals surface area contributed by atoms with Crippen molar-refractivity contribution in [1.29, 1.82) is 0 Å². The molecule has 2 rings (SSSR count). The van der Waals surface area contributed by atoms with Gasteiger partial charge in [-0.1, -0.05) is 23.7 Å². The van der Waals surface area contributed by atoms with E-state index in [0.29, 0.717) is 5.02 Å². The van der Waals surface area contributed by atoms with E-state index in [1.54, 1.807) is 13.3 Å². The monoisotopic (exact) mass is 260 g/mol. The molecule has 0 unspecified atom stereocenters. The van der Waals surface area contributed by atoms with Crippen molar-refractivity contribution in [3.05, 3.63) is 59.1 Å². The van der Waals surface area contributed by atoms with Gasteiger partial charge in [0.25, 0.3) is 0 Å². The summed E-state index contributed by atoms with van der Waals surface area (Å²) in [6.45, 7) is 0. The molecule has 18 heavy (non-hydrogen) atoms. The molecule has 0 atom stereocenters. The van der Waals surface area contributed by atoms with Crippen LogP contribution < -0.4 is 10.2 Å². The maximum absolute atomic E-state index is 5.79. The molecule has 1 N–H and O–H groups in total. The van der Waals surface area contributed by atoms with Crippen LogP contribution in [0, 0.1) is 0 Å². The minimum Gasteiger partial charge on any atom is -0.497 e. The van der Waals surface area contributed by atoms with E-state index in [1.807, 2.05) is 48.5 Å². The number of ether oxygens (including phenoxy) is 1. The summed E-state index contributed by atoms with van der Waals surface area (Å²) in [6.07, 6.45) is 1.73. The fraction of sp³-hybridized carbons (Fsp3) is 0.0714. The molecule has 0 saturated heterocycles. The van der Waals surface area contributed by atoms with E-state index in [4.69, 9.17) is 16.3 Å². The molecule has 2 aromatic rings. The maximum Gasteiger partial charge on any atom is 0.119 e. The maximum atomic E-state index is 5.79. The summed E-state index contributed by atoms with van der Waals surface area (Å²) >= 11 is 5.79. The van der Waals surface area contributed by atoms with Gasteiger partial charge in [0.2, 0.25) is 0 Å². The van der Waals surface area contributed by atoms with E-state index in [9.17, 15) is 0 Å². The summed E-state index contributed by atoms with van der Waals surface area (Å²) in [7, 11) is 1.64. The van der Waals surface area contributed by atoms with Gasteiger partial charge in [0.1, 0.15) is 5.75 Å². The van der Waals surface area contributed by atoms with Crippen molar-refractivity contribution in [2.75, 3.05) is 12.5 Å². The molecule has 92 valence electrons. The van der Waals surface area contributed by atoms with Gasteiger partial charge >= 0.3 is 0 Å². The van der Waals surface area contributed by atoms with Crippen LogP contribution in [0.3, 0.4) is 0 Å². The average molecular weight is 261 g/mol. The third kappa shape index (κ3) is 3.50. The lowest BCUT2D eigenvalue weighted by molar-refractivity contribution is 0.415. The highest BCUT2D eigenvalue weighted by Crippen LogP contribution is 2.14. The molecule has 0 aliphatic rings. The predicted octanol–water partition coefficient (Wildman–Crippen LogP) is 3.79. The lowest BCUT2D eigenvalue weighted by atomic mass is 10.2. The second-order valence-electron chi connectivity index (χ2n) is 3.65. The summed E-state index contributed by atoms with van der Waals surface area (Å²) in [5.74, 6) is 0.811. The zero-order valence-electron chi connectivity index (χ0n) is 9.93. The lowest BCUT2D eigenvalue weighted by Gasteiger charge is -2.01. The van der Waals surface area contributed by atoms with Gasteiger partial charge in [-0.3, -0.25) is 5.43 Å². The Labute approximate surface area is 111 Å². The first-order valence-corrected chi connectivity index (χ1v) is 5.84. The standard InChI is InChI=1S/C14H13ClN2O/c1-18-14-4-2-3-11(9-14)10-16-17-13-7-5-12(15)6-8-13/h2-10,17H,1H3/b16-10-. The van der Waals surface area contributed by atoms with Crippen molar-refractivity contribution >= 4 is 23.5 Å². The number of rotatable bonds is 4. The van der Waals surface area contributed by atoms with E-state index in [1.165, 1.54) is 0 Å². The Balaban J connectivity index is 2.00. The zero-order valence-corrected chi connectivity index (χ0v) is 10.7. The van der Waals surface area contributed by atoms with E-state index in [0.717, 1.165) is 17.0 Å². The first-order chi connectivity index (χ1) is 8.78. The van der Waals surface area contributed by atoms with E-state index in [2.05, 4.69) is 10.5 Å². The third-order valence-corrected chi connectivity index (χ3v) is 2.60. The van der Waals surface area contributed by atoms with Crippen molar-refractivity contribution in [3.8, 4) is 5.75 Å². The Morgan fingerprint density at radius 2 is 1.94 bits per heavy atom. The smallest absolute Gasteiger partial charge is 0.119 e. The van der Waals surface area contributed by atoms with Crippen LogP contribution in [0.5, 0.6) is 5.75 Å². The minimum absolute atomic E-state index is 0.706. The first kappa shape index (κ1) is 12.5. The van der Waals surface area contributed by atoms with Crippen LogP contribution in [0.25, 0.3) is 0 Å². The highest BCUT2D eigenvalue weighted by Gasteiger charge is 1.92. The minimum atomic E-state index is 0.706. The number of methoxy groups -OCH3 is 1. The van der Waals surface area contributed by atoms with Crippen LogP contribution in [0.1, 0.15) is 5.56 Å². The third-order valence-electron chi connectivity index (χ3n) is 2.35. The number of hydrazone groups is 1. The van der Waals surface area contributed by atoms with Crippen molar-refractivity contribution in [2.45, 2.75) is 0 Å². The molecule has 2 aromatic carbocycles. The van der Waals surface area contributed by atoms with Crippen LogP contribution >= 0.6 is 11.6 Å². The Bertz CT molecular complexity index is 538. The predicted molar refractivity (Wildman–Crippen MR) is 75.7 cm³/mol. The molecule has 0 saturated carbocycles. The van der Waals surface area contributed by atoms with E-state index < -0.39 is 0 Å². The normalized spacial score (nSPS) is 10.6. The number of nitrogens with zero attached hydrogens (tertiary/aromatic N) is 1. The van der Waals surface area contributed by atoms with Crippen LogP contribution in [0.4, 0.5) is 5.69 Å². The molecule has 0 bridgehead atoms. The van der Waals surface area contributed by atoms with Gasteiger partial charge in [0, 0.05) is 5.02 Å². The van der Waals surface area contributed by atoms with Crippen LogP contribution in [-0.4, -0.2) is 13.3 Å². The van der Waals surface area contributed by atoms with Crippen LogP contribution in [0.15, 0.2) is 53.6 Å². The molecule has 4 heteroatoms. The molecule has 0 aliphatic carbocycles. The summed E-state index contributed by atoms with van der Waals surface area (Å²) in [4.78, 5) is 0. The van der Waals surface area contributed by atoms with E-state index >= 15 is 0 Å². The van der Waals surface area contributed by atoms with Crippen molar-refractivity contribution in [3.63, 3.8) is 0 Å². The second-order valence-corrected chi connectivity index (χ2v) is 4.09. The summed E-state index contributed by atoms with van der Waals surface area (Å²) in [5, 5.41) is 4.85. The molecular weight excluding hydrogens is 248 g/mol.